The molecular weight excluding hydrogens is 345 g/mol. The fourth-order valence-electron chi connectivity index (χ4n) is 5.17. The second-order valence-corrected chi connectivity index (χ2v) is 8.65. The van der Waals surface area contributed by atoms with Crippen molar-refractivity contribution in [2.45, 2.75) is 70.6 Å². The van der Waals surface area contributed by atoms with Crippen LogP contribution >= 0.6 is 0 Å². The molecule has 150 valence electrons. The standard InChI is InChI=1S/C24H33F3/c25-16-2-1-3-18-6-11-21(12-7-18)22-13-8-19(9-14-22)4-5-20-10-15-23(26)24(27)17-20/h1,3,10,15,17-19,21-22H,2,4-9,11-14,16H2/b3-1+. The van der Waals surface area contributed by atoms with Crippen molar-refractivity contribution < 1.29 is 13.2 Å². The molecule has 0 bridgehead atoms. The Bertz CT molecular complexity index is 594. The SMILES string of the molecule is FCC/C=C/C1CCC(C2CCC(CCc3ccc(F)c(F)c3)CC2)CC1. The van der Waals surface area contributed by atoms with E-state index in [1.807, 2.05) is 6.08 Å². The highest BCUT2D eigenvalue weighted by atomic mass is 19.2. The Morgan fingerprint density at radius 2 is 1.52 bits per heavy atom. The van der Waals surface area contributed by atoms with Crippen LogP contribution in [0.15, 0.2) is 30.4 Å². The summed E-state index contributed by atoms with van der Waals surface area (Å²) in [6, 6.07) is 4.30. The van der Waals surface area contributed by atoms with Crippen LogP contribution in [0, 0.1) is 35.3 Å². The molecule has 2 aliphatic rings. The molecular formula is C24H33F3. The quantitative estimate of drug-likeness (QED) is 0.433. The number of hydrogen-bond donors (Lipinski definition) is 0. The summed E-state index contributed by atoms with van der Waals surface area (Å²) in [6.45, 7) is -0.245. The molecule has 27 heavy (non-hydrogen) atoms. The van der Waals surface area contributed by atoms with E-state index in [9.17, 15) is 13.2 Å². The lowest BCUT2D eigenvalue weighted by atomic mass is 9.68. The van der Waals surface area contributed by atoms with Gasteiger partial charge in [-0.05, 0) is 99.2 Å². The van der Waals surface area contributed by atoms with Crippen molar-refractivity contribution in [2.75, 3.05) is 6.67 Å². The van der Waals surface area contributed by atoms with Crippen LogP contribution in [0.5, 0.6) is 0 Å². The van der Waals surface area contributed by atoms with Gasteiger partial charge in [-0.2, -0.15) is 0 Å². The van der Waals surface area contributed by atoms with E-state index < -0.39 is 11.6 Å². The largest absolute Gasteiger partial charge is 0.251 e. The van der Waals surface area contributed by atoms with E-state index in [2.05, 4.69) is 6.08 Å². The van der Waals surface area contributed by atoms with Gasteiger partial charge in [0.05, 0.1) is 6.67 Å². The zero-order valence-corrected chi connectivity index (χ0v) is 16.3. The molecule has 3 heteroatoms. The average molecular weight is 379 g/mol. The minimum Gasteiger partial charge on any atom is -0.251 e. The first-order valence-electron chi connectivity index (χ1n) is 10.8. The summed E-state index contributed by atoms with van der Waals surface area (Å²) in [7, 11) is 0. The first kappa shape index (κ1) is 20.5. The summed E-state index contributed by atoms with van der Waals surface area (Å²) in [6.07, 6.45) is 17.2. The average Bonchev–Trinajstić information content (AvgIpc) is 2.70. The Balaban J connectivity index is 1.36. The fourth-order valence-corrected chi connectivity index (χ4v) is 5.17. The van der Waals surface area contributed by atoms with Gasteiger partial charge in [-0.3, -0.25) is 4.39 Å². The van der Waals surface area contributed by atoms with Crippen LogP contribution in [0.3, 0.4) is 0 Å². The first-order valence-corrected chi connectivity index (χ1v) is 10.8. The minimum atomic E-state index is -0.758. The molecule has 0 saturated heterocycles. The lowest BCUT2D eigenvalue weighted by Crippen LogP contribution is -2.25. The monoisotopic (exact) mass is 378 g/mol. The van der Waals surface area contributed by atoms with Crippen molar-refractivity contribution in [2.24, 2.45) is 23.7 Å². The molecule has 2 saturated carbocycles. The molecule has 0 atom stereocenters. The van der Waals surface area contributed by atoms with Gasteiger partial charge in [-0.15, -0.1) is 0 Å². The number of benzene rings is 1. The second kappa shape index (κ2) is 10.3. The van der Waals surface area contributed by atoms with Crippen LogP contribution < -0.4 is 0 Å². The van der Waals surface area contributed by atoms with E-state index in [0.717, 1.165) is 36.2 Å². The van der Waals surface area contributed by atoms with E-state index >= 15 is 0 Å². The lowest BCUT2D eigenvalue weighted by molar-refractivity contribution is 0.152. The number of hydrogen-bond acceptors (Lipinski definition) is 0. The molecule has 0 amide bonds. The summed E-state index contributed by atoms with van der Waals surface area (Å²) in [4.78, 5) is 0. The van der Waals surface area contributed by atoms with Crippen molar-refractivity contribution in [1.82, 2.24) is 0 Å². The van der Waals surface area contributed by atoms with Crippen LogP contribution in [0.1, 0.15) is 69.8 Å². The number of alkyl halides is 1. The number of rotatable bonds is 7. The number of allylic oxidation sites excluding steroid dienone is 2. The van der Waals surface area contributed by atoms with Gasteiger partial charge in [0.1, 0.15) is 0 Å². The van der Waals surface area contributed by atoms with E-state index in [0.29, 0.717) is 12.3 Å². The molecule has 2 aliphatic carbocycles. The molecule has 0 N–H and O–H groups in total. The zero-order chi connectivity index (χ0) is 19.1. The smallest absolute Gasteiger partial charge is 0.159 e. The summed E-state index contributed by atoms with van der Waals surface area (Å²) in [5, 5.41) is 0. The summed E-state index contributed by atoms with van der Waals surface area (Å²) in [5.74, 6) is 1.66. The minimum absolute atomic E-state index is 0.245. The molecule has 1 aromatic carbocycles. The summed E-state index contributed by atoms with van der Waals surface area (Å²) >= 11 is 0. The predicted molar refractivity (Wildman–Crippen MR) is 105 cm³/mol. The molecule has 0 nitrogen and oxygen atoms in total. The van der Waals surface area contributed by atoms with E-state index in [-0.39, 0.29) is 6.67 Å². The molecule has 0 unspecified atom stereocenters. The molecule has 0 spiro atoms. The molecule has 0 heterocycles. The van der Waals surface area contributed by atoms with Crippen molar-refractivity contribution in [3.05, 3.63) is 47.5 Å². The summed E-state index contributed by atoms with van der Waals surface area (Å²) in [5.41, 5.74) is 0.912. The van der Waals surface area contributed by atoms with Gasteiger partial charge in [0.15, 0.2) is 11.6 Å². The second-order valence-electron chi connectivity index (χ2n) is 8.65. The third kappa shape index (κ3) is 6.12. The molecule has 2 fully saturated rings. The topological polar surface area (TPSA) is 0 Å². The first-order chi connectivity index (χ1) is 13.2. The third-order valence-corrected chi connectivity index (χ3v) is 6.88. The Labute approximate surface area is 162 Å². The van der Waals surface area contributed by atoms with Crippen LogP contribution in [0.2, 0.25) is 0 Å². The van der Waals surface area contributed by atoms with Gasteiger partial charge < -0.3 is 0 Å². The van der Waals surface area contributed by atoms with E-state index in [1.54, 1.807) is 6.07 Å². The normalized spacial score (nSPS) is 29.3. The Morgan fingerprint density at radius 3 is 2.15 bits per heavy atom. The van der Waals surface area contributed by atoms with Gasteiger partial charge in [-0.1, -0.05) is 31.1 Å². The number of halogens is 3. The fraction of sp³-hybridized carbons (Fsp3) is 0.667. The molecule has 3 rings (SSSR count). The Kier molecular flexibility index (Phi) is 7.84. The molecule has 0 aromatic heterocycles. The lowest BCUT2D eigenvalue weighted by Gasteiger charge is -2.37. The Hall–Kier alpha value is -1.25. The maximum Gasteiger partial charge on any atom is 0.159 e. The predicted octanol–water partition coefficient (Wildman–Crippen LogP) is 7.43. The molecule has 0 aliphatic heterocycles. The maximum atomic E-state index is 13.3. The van der Waals surface area contributed by atoms with Gasteiger partial charge in [0.25, 0.3) is 0 Å². The Morgan fingerprint density at radius 1 is 0.852 bits per heavy atom. The highest BCUT2D eigenvalue weighted by Gasteiger charge is 2.30. The zero-order valence-electron chi connectivity index (χ0n) is 16.3. The van der Waals surface area contributed by atoms with Crippen molar-refractivity contribution in [3.8, 4) is 0 Å². The van der Waals surface area contributed by atoms with Crippen LogP contribution in [-0.4, -0.2) is 6.67 Å². The van der Waals surface area contributed by atoms with E-state index in [4.69, 9.17) is 0 Å². The van der Waals surface area contributed by atoms with E-state index in [1.165, 1.54) is 63.5 Å². The molecule has 1 aromatic rings. The van der Waals surface area contributed by atoms with Crippen LogP contribution in [0.4, 0.5) is 13.2 Å². The molecule has 0 radical (unpaired) electrons. The summed E-state index contributed by atoms with van der Waals surface area (Å²) < 4.78 is 38.5. The van der Waals surface area contributed by atoms with Gasteiger partial charge >= 0.3 is 0 Å². The van der Waals surface area contributed by atoms with Crippen molar-refractivity contribution in [1.29, 1.82) is 0 Å². The third-order valence-electron chi connectivity index (χ3n) is 6.88. The van der Waals surface area contributed by atoms with Gasteiger partial charge in [-0.25, -0.2) is 8.78 Å². The highest BCUT2D eigenvalue weighted by Crippen LogP contribution is 2.42. The van der Waals surface area contributed by atoms with Crippen molar-refractivity contribution in [3.63, 3.8) is 0 Å². The van der Waals surface area contributed by atoms with Crippen LogP contribution in [0.25, 0.3) is 0 Å². The highest BCUT2D eigenvalue weighted by molar-refractivity contribution is 5.17. The van der Waals surface area contributed by atoms with Crippen LogP contribution in [-0.2, 0) is 6.42 Å². The maximum absolute atomic E-state index is 13.3. The van der Waals surface area contributed by atoms with Gasteiger partial charge in [0, 0.05) is 0 Å². The number of aryl methyl sites for hydroxylation is 1. The van der Waals surface area contributed by atoms with Gasteiger partial charge in [0.2, 0.25) is 0 Å². The van der Waals surface area contributed by atoms with Crippen molar-refractivity contribution >= 4 is 0 Å².